The molecule has 0 unspecified atom stereocenters. The summed E-state index contributed by atoms with van der Waals surface area (Å²) in [5.74, 6) is -0.738. The molecule has 0 spiro atoms. The van der Waals surface area contributed by atoms with Crippen LogP contribution in [0.15, 0.2) is 48.7 Å². The van der Waals surface area contributed by atoms with Gasteiger partial charge in [-0.1, -0.05) is 6.07 Å². The first kappa shape index (κ1) is 17.7. The zero-order valence-electron chi connectivity index (χ0n) is 13.8. The monoisotopic (exact) mass is 357 g/mol. The molecule has 3 N–H and O–H groups in total. The van der Waals surface area contributed by atoms with E-state index in [4.69, 9.17) is 5.11 Å². The third-order valence-electron chi connectivity index (χ3n) is 3.47. The number of benzene rings is 1. The summed E-state index contributed by atoms with van der Waals surface area (Å²) in [4.78, 5) is 12.9. The predicted octanol–water partition coefficient (Wildman–Crippen LogP) is 3.35. The molecule has 3 aromatic rings. The van der Waals surface area contributed by atoms with Gasteiger partial charge < -0.3 is 15.7 Å². The van der Waals surface area contributed by atoms with Crippen molar-refractivity contribution in [1.82, 2.24) is 15.0 Å². The molecule has 0 aliphatic rings. The number of nitrogens with zero attached hydrogens (tertiary/aromatic N) is 3. The minimum atomic E-state index is -0.724. The minimum Gasteiger partial charge on any atom is -0.396 e. The lowest BCUT2D eigenvalue weighted by Gasteiger charge is -2.11. The third-order valence-corrected chi connectivity index (χ3v) is 3.47. The van der Waals surface area contributed by atoms with Crippen molar-refractivity contribution >= 4 is 17.5 Å². The molecule has 0 fully saturated rings. The molecular formula is C18H17F2N5O. The van der Waals surface area contributed by atoms with Crippen LogP contribution in [-0.2, 0) is 0 Å². The van der Waals surface area contributed by atoms with Crippen molar-refractivity contribution in [1.29, 1.82) is 0 Å². The highest BCUT2D eigenvalue weighted by atomic mass is 19.1. The van der Waals surface area contributed by atoms with Crippen LogP contribution in [0.5, 0.6) is 0 Å². The Labute approximate surface area is 149 Å². The van der Waals surface area contributed by atoms with E-state index in [0.29, 0.717) is 36.1 Å². The Hall–Kier alpha value is -3.13. The van der Waals surface area contributed by atoms with E-state index in [2.05, 4.69) is 25.6 Å². The van der Waals surface area contributed by atoms with Gasteiger partial charge in [-0.05, 0) is 30.7 Å². The van der Waals surface area contributed by atoms with Crippen LogP contribution in [0.3, 0.4) is 0 Å². The molecule has 1 aromatic carbocycles. The molecular weight excluding hydrogens is 340 g/mol. The van der Waals surface area contributed by atoms with Gasteiger partial charge in [-0.25, -0.2) is 13.8 Å². The standard InChI is InChI=1S/C18H17F2N5O/c19-12-5-6-14(13(20)10-12)23-17-11-16(15-4-1-2-7-21-15)24-18(25-17)22-8-3-9-26/h1-2,4-7,10-11,26H,3,8-9H2,(H2,22,23,24,25). The Bertz CT molecular complexity index is 877. The van der Waals surface area contributed by atoms with E-state index in [-0.39, 0.29) is 12.3 Å². The van der Waals surface area contributed by atoms with E-state index in [1.54, 1.807) is 24.4 Å². The molecule has 134 valence electrons. The molecule has 0 aliphatic carbocycles. The van der Waals surface area contributed by atoms with Crippen LogP contribution >= 0.6 is 0 Å². The van der Waals surface area contributed by atoms with Crippen LogP contribution in [-0.4, -0.2) is 33.2 Å². The van der Waals surface area contributed by atoms with Crippen molar-refractivity contribution in [2.45, 2.75) is 6.42 Å². The molecule has 26 heavy (non-hydrogen) atoms. The summed E-state index contributed by atoms with van der Waals surface area (Å²) < 4.78 is 27.0. The van der Waals surface area contributed by atoms with Crippen LogP contribution in [0.2, 0.25) is 0 Å². The molecule has 8 heteroatoms. The summed E-state index contributed by atoms with van der Waals surface area (Å²) in [6.45, 7) is 0.519. The molecule has 0 aliphatic heterocycles. The fraction of sp³-hybridized carbons (Fsp3) is 0.167. The van der Waals surface area contributed by atoms with Crippen molar-refractivity contribution in [2.75, 3.05) is 23.8 Å². The summed E-state index contributed by atoms with van der Waals surface area (Å²) in [6, 6.07) is 10.3. The summed E-state index contributed by atoms with van der Waals surface area (Å²) in [7, 11) is 0. The fourth-order valence-corrected chi connectivity index (χ4v) is 2.24. The largest absolute Gasteiger partial charge is 0.396 e. The molecule has 0 radical (unpaired) electrons. The van der Waals surface area contributed by atoms with Gasteiger partial charge in [-0.2, -0.15) is 4.98 Å². The molecule has 3 rings (SSSR count). The van der Waals surface area contributed by atoms with Crippen molar-refractivity contribution in [2.24, 2.45) is 0 Å². The average molecular weight is 357 g/mol. The maximum Gasteiger partial charge on any atom is 0.225 e. The first-order chi connectivity index (χ1) is 12.7. The summed E-state index contributed by atoms with van der Waals surface area (Å²) >= 11 is 0. The SMILES string of the molecule is OCCCNc1nc(Nc2ccc(F)cc2F)cc(-c2ccccn2)n1. The van der Waals surface area contributed by atoms with Crippen molar-refractivity contribution in [3.63, 3.8) is 0 Å². The minimum absolute atomic E-state index is 0.0405. The quantitative estimate of drug-likeness (QED) is 0.563. The number of pyridine rings is 1. The van der Waals surface area contributed by atoms with Crippen molar-refractivity contribution in [3.8, 4) is 11.4 Å². The Kier molecular flexibility index (Phi) is 5.65. The molecule has 0 saturated heterocycles. The van der Waals surface area contributed by atoms with Gasteiger partial charge in [0, 0.05) is 31.5 Å². The second kappa shape index (κ2) is 8.30. The Morgan fingerprint density at radius 2 is 1.88 bits per heavy atom. The number of aliphatic hydroxyl groups excluding tert-OH is 1. The predicted molar refractivity (Wildman–Crippen MR) is 95.1 cm³/mol. The van der Waals surface area contributed by atoms with Crippen LogP contribution in [0.25, 0.3) is 11.4 Å². The lowest BCUT2D eigenvalue weighted by atomic mass is 10.2. The smallest absolute Gasteiger partial charge is 0.225 e. The zero-order valence-corrected chi connectivity index (χ0v) is 13.8. The number of halogens is 2. The van der Waals surface area contributed by atoms with Crippen LogP contribution in [0.4, 0.5) is 26.2 Å². The highest BCUT2D eigenvalue weighted by Gasteiger charge is 2.10. The summed E-state index contributed by atoms with van der Waals surface area (Å²) in [6.07, 6.45) is 2.18. The normalized spacial score (nSPS) is 10.6. The number of aromatic nitrogens is 3. The molecule has 2 aromatic heterocycles. The van der Waals surface area contributed by atoms with E-state index in [1.165, 1.54) is 6.07 Å². The number of anilines is 3. The first-order valence-corrected chi connectivity index (χ1v) is 8.03. The molecule has 0 saturated carbocycles. The topological polar surface area (TPSA) is 83.0 Å². The van der Waals surface area contributed by atoms with Gasteiger partial charge in [0.25, 0.3) is 0 Å². The van der Waals surface area contributed by atoms with Crippen LogP contribution < -0.4 is 10.6 Å². The summed E-state index contributed by atoms with van der Waals surface area (Å²) in [5, 5.41) is 14.7. The van der Waals surface area contributed by atoms with E-state index >= 15 is 0 Å². The van der Waals surface area contributed by atoms with Crippen LogP contribution in [0, 0.1) is 11.6 Å². The van der Waals surface area contributed by atoms with Gasteiger partial charge in [0.15, 0.2) is 0 Å². The lowest BCUT2D eigenvalue weighted by molar-refractivity contribution is 0.292. The first-order valence-electron chi connectivity index (χ1n) is 8.03. The van der Waals surface area contributed by atoms with E-state index in [0.717, 1.165) is 12.1 Å². The van der Waals surface area contributed by atoms with E-state index in [1.807, 2.05) is 6.07 Å². The van der Waals surface area contributed by atoms with Crippen molar-refractivity contribution in [3.05, 3.63) is 60.3 Å². The third kappa shape index (κ3) is 4.48. The Balaban J connectivity index is 1.93. The molecule has 0 amide bonds. The van der Waals surface area contributed by atoms with Gasteiger partial charge >= 0.3 is 0 Å². The second-order valence-electron chi connectivity index (χ2n) is 5.43. The van der Waals surface area contributed by atoms with E-state index < -0.39 is 11.6 Å². The Morgan fingerprint density at radius 1 is 1.00 bits per heavy atom. The number of rotatable bonds is 7. The van der Waals surface area contributed by atoms with Gasteiger partial charge in [0.2, 0.25) is 5.95 Å². The summed E-state index contributed by atoms with van der Waals surface area (Å²) in [5.41, 5.74) is 1.26. The molecule has 2 heterocycles. The molecule has 6 nitrogen and oxygen atoms in total. The number of nitrogens with one attached hydrogen (secondary N) is 2. The number of hydrogen-bond acceptors (Lipinski definition) is 6. The number of aliphatic hydroxyl groups is 1. The second-order valence-corrected chi connectivity index (χ2v) is 5.43. The number of hydrogen-bond donors (Lipinski definition) is 3. The zero-order chi connectivity index (χ0) is 18.4. The maximum atomic E-state index is 13.9. The van der Waals surface area contributed by atoms with E-state index in [9.17, 15) is 8.78 Å². The van der Waals surface area contributed by atoms with Crippen LogP contribution in [0.1, 0.15) is 6.42 Å². The average Bonchev–Trinajstić information content (AvgIpc) is 2.65. The lowest BCUT2D eigenvalue weighted by Crippen LogP contribution is -2.09. The molecule has 0 atom stereocenters. The highest BCUT2D eigenvalue weighted by molar-refractivity contribution is 5.65. The molecule has 0 bridgehead atoms. The van der Waals surface area contributed by atoms with Gasteiger partial charge in [0.05, 0.1) is 17.1 Å². The van der Waals surface area contributed by atoms with Gasteiger partial charge in [0.1, 0.15) is 17.5 Å². The van der Waals surface area contributed by atoms with Gasteiger partial charge in [-0.15, -0.1) is 0 Å². The fourth-order valence-electron chi connectivity index (χ4n) is 2.24. The Morgan fingerprint density at radius 3 is 2.62 bits per heavy atom. The maximum absolute atomic E-state index is 13.9. The van der Waals surface area contributed by atoms with Crippen molar-refractivity contribution < 1.29 is 13.9 Å². The van der Waals surface area contributed by atoms with Gasteiger partial charge in [-0.3, -0.25) is 4.98 Å². The highest BCUT2D eigenvalue weighted by Crippen LogP contribution is 2.24.